The fraction of sp³-hybridized carbons (Fsp3) is 0.357. The predicted molar refractivity (Wildman–Crippen MR) is 157 cm³/mol. The van der Waals surface area contributed by atoms with E-state index in [1.807, 2.05) is 0 Å². The van der Waals surface area contributed by atoms with Crippen LogP contribution in [0.15, 0.2) is 36.4 Å². The third kappa shape index (κ3) is 7.93. The molecule has 0 bridgehead atoms. The summed E-state index contributed by atoms with van der Waals surface area (Å²) in [5.74, 6) is -3.35. The number of benzene rings is 2. The summed E-state index contributed by atoms with van der Waals surface area (Å²) in [5.41, 5.74) is 0.724. The van der Waals surface area contributed by atoms with Gasteiger partial charge in [0.05, 0.1) is 0 Å². The van der Waals surface area contributed by atoms with E-state index in [0.29, 0.717) is 11.1 Å². The highest BCUT2D eigenvalue weighted by Gasteiger charge is 2.43. The molecule has 2 aliphatic rings. The summed E-state index contributed by atoms with van der Waals surface area (Å²) in [6, 6.07) is 6.44. The molecule has 2 amide bonds. The molecular formula is C28H30N2O12S2. The Labute approximate surface area is 259 Å². The number of esters is 2. The molecule has 236 valence electrons. The van der Waals surface area contributed by atoms with E-state index in [9.17, 15) is 49.2 Å². The largest absolute Gasteiger partial charge is 0.508 e. The second kappa shape index (κ2) is 14.4. The average molecular weight is 651 g/mol. The van der Waals surface area contributed by atoms with Crippen LogP contribution in [-0.4, -0.2) is 89.5 Å². The van der Waals surface area contributed by atoms with E-state index in [0.717, 1.165) is 0 Å². The zero-order valence-corrected chi connectivity index (χ0v) is 25.6. The number of nitrogens with zero attached hydrogens (tertiary/aromatic N) is 2. The standard InChI is InChI=1S/2C14H15NO6S/c1-7(16)15-11(14(19)20)6-22-13(15)10-5-9(21-8(2)17)3-4-12(10)18;1-7(16)15-11(14(19)20)6-22-13(15)10-5-9(18)3-4-12(10)21-8(2)17/h2*3-5,11,13,18H,6H2,1-2H3,(H,19,20). The molecule has 14 nitrogen and oxygen atoms in total. The van der Waals surface area contributed by atoms with Crippen LogP contribution in [0.3, 0.4) is 0 Å². The van der Waals surface area contributed by atoms with E-state index in [1.165, 1.54) is 97.4 Å². The van der Waals surface area contributed by atoms with Gasteiger partial charge < -0.3 is 39.7 Å². The molecule has 2 aromatic carbocycles. The fourth-order valence-electron chi connectivity index (χ4n) is 4.58. The minimum absolute atomic E-state index is 0.0613. The fourth-order valence-corrected chi connectivity index (χ4v) is 7.56. The van der Waals surface area contributed by atoms with Crippen molar-refractivity contribution in [2.75, 3.05) is 11.5 Å². The number of rotatable bonds is 6. The Balaban J connectivity index is 0.000000240. The van der Waals surface area contributed by atoms with Crippen LogP contribution in [0.25, 0.3) is 0 Å². The van der Waals surface area contributed by atoms with E-state index in [-0.39, 0.29) is 34.5 Å². The summed E-state index contributed by atoms with van der Waals surface area (Å²) >= 11 is 2.47. The summed E-state index contributed by atoms with van der Waals surface area (Å²) in [4.78, 5) is 70.8. The number of carbonyl (C=O) groups excluding carboxylic acids is 4. The lowest BCUT2D eigenvalue weighted by Gasteiger charge is -2.27. The Morgan fingerprint density at radius 3 is 1.66 bits per heavy atom. The first-order chi connectivity index (χ1) is 20.6. The molecule has 0 aromatic heterocycles. The maximum atomic E-state index is 11.8. The van der Waals surface area contributed by atoms with Crippen molar-refractivity contribution < 1.29 is 58.7 Å². The third-order valence-corrected chi connectivity index (χ3v) is 8.95. The zero-order chi connectivity index (χ0) is 32.9. The molecular weight excluding hydrogens is 620 g/mol. The Morgan fingerprint density at radius 2 is 1.20 bits per heavy atom. The van der Waals surface area contributed by atoms with Crippen LogP contribution in [-0.2, 0) is 28.8 Å². The van der Waals surface area contributed by atoms with Crippen molar-refractivity contribution in [3.05, 3.63) is 47.5 Å². The van der Waals surface area contributed by atoms with E-state index < -0.39 is 58.5 Å². The molecule has 0 aliphatic carbocycles. The van der Waals surface area contributed by atoms with Crippen molar-refractivity contribution in [1.82, 2.24) is 9.80 Å². The Bertz CT molecular complexity index is 1480. The number of hydrogen-bond acceptors (Lipinski definition) is 12. The van der Waals surface area contributed by atoms with Gasteiger partial charge in [0.2, 0.25) is 11.8 Å². The van der Waals surface area contributed by atoms with E-state index >= 15 is 0 Å². The quantitative estimate of drug-likeness (QED) is 0.262. The van der Waals surface area contributed by atoms with Crippen LogP contribution in [0.1, 0.15) is 49.6 Å². The van der Waals surface area contributed by atoms with Gasteiger partial charge in [-0.05, 0) is 36.4 Å². The number of aromatic hydroxyl groups is 2. The molecule has 2 aromatic rings. The molecule has 4 atom stereocenters. The number of carbonyl (C=O) groups is 6. The number of amides is 2. The van der Waals surface area contributed by atoms with Crippen molar-refractivity contribution in [3.8, 4) is 23.0 Å². The summed E-state index contributed by atoms with van der Waals surface area (Å²) in [6.07, 6.45) is 0. The first-order valence-corrected chi connectivity index (χ1v) is 15.0. The topological polar surface area (TPSA) is 208 Å². The van der Waals surface area contributed by atoms with Gasteiger partial charge >= 0.3 is 23.9 Å². The molecule has 4 rings (SSSR count). The van der Waals surface area contributed by atoms with Gasteiger partial charge in [0.15, 0.2) is 0 Å². The van der Waals surface area contributed by atoms with Gasteiger partial charge in [0.25, 0.3) is 0 Å². The minimum atomic E-state index is -1.10. The van der Waals surface area contributed by atoms with Gasteiger partial charge in [0.1, 0.15) is 45.8 Å². The highest BCUT2D eigenvalue weighted by molar-refractivity contribution is 8.00. The lowest BCUT2D eigenvalue weighted by molar-refractivity contribution is -0.148. The number of carboxylic acid groups (broad SMARTS) is 2. The summed E-state index contributed by atoms with van der Waals surface area (Å²) in [5, 5.41) is 36.8. The number of phenolic OH excluding ortho intramolecular Hbond substituents is 2. The number of aliphatic carboxylic acids is 2. The molecule has 44 heavy (non-hydrogen) atoms. The van der Waals surface area contributed by atoms with Crippen molar-refractivity contribution in [1.29, 1.82) is 0 Å². The minimum Gasteiger partial charge on any atom is -0.508 e. The first kappa shape index (κ1) is 34.1. The normalized spacial score (nSPS) is 20.7. The molecule has 4 N–H and O–H groups in total. The maximum absolute atomic E-state index is 11.8. The molecule has 2 fully saturated rings. The van der Waals surface area contributed by atoms with Crippen LogP contribution in [0.4, 0.5) is 0 Å². The Morgan fingerprint density at radius 1 is 0.705 bits per heavy atom. The molecule has 16 heteroatoms. The SMILES string of the molecule is CC(=O)Oc1ccc(O)c(C2SCC(C(=O)O)N2C(C)=O)c1.CC(=O)Oc1ccc(O)cc1C1SCC(C(=O)O)N1C(C)=O. The smallest absolute Gasteiger partial charge is 0.327 e. The van der Waals surface area contributed by atoms with Crippen molar-refractivity contribution in [2.45, 2.75) is 50.5 Å². The van der Waals surface area contributed by atoms with Crippen molar-refractivity contribution in [2.24, 2.45) is 0 Å². The summed E-state index contributed by atoms with van der Waals surface area (Å²) in [6.45, 7) is 5.05. The Hall–Kier alpha value is -4.44. The summed E-state index contributed by atoms with van der Waals surface area (Å²) < 4.78 is 10.0. The van der Waals surface area contributed by atoms with Crippen LogP contribution in [0.2, 0.25) is 0 Å². The highest BCUT2D eigenvalue weighted by atomic mass is 32.2. The van der Waals surface area contributed by atoms with Gasteiger partial charge in [-0.15, -0.1) is 23.5 Å². The lowest BCUT2D eigenvalue weighted by atomic mass is 10.1. The van der Waals surface area contributed by atoms with Crippen molar-refractivity contribution in [3.63, 3.8) is 0 Å². The maximum Gasteiger partial charge on any atom is 0.327 e. The molecule has 0 spiro atoms. The molecule has 0 radical (unpaired) electrons. The second-order valence-corrected chi connectivity index (χ2v) is 11.8. The molecule has 2 heterocycles. The van der Waals surface area contributed by atoms with Gasteiger partial charge in [-0.1, -0.05) is 0 Å². The van der Waals surface area contributed by atoms with Crippen molar-refractivity contribution >= 4 is 59.2 Å². The third-order valence-electron chi connectivity index (χ3n) is 6.34. The number of carboxylic acids is 2. The number of phenols is 2. The van der Waals surface area contributed by atoms with Gasteiger partial charge in [-0.25, -0.2) is 9.59 Å². The van der Waals surface area contributed by atoms with Gasteiger partial charge in [-0.2, -0.15) is 0 Å². The molecule has 0 saturated carbocycles. The van der Waals surface area contributed by atoms with Crippen LogP contribution in [0, 0.1) is 0 Å². The molecule has 2 saturated heterocycles. The first-order valence-electron chi connectivity index (χ1n) is 12.9. The van der Waals surface area contributed by atoms with Gasteiger partial charge in [-0.3, -0.25) is 19.2 Å². The molecule has 4 unspecified atom stereocenters. The zero-order valence-electron chi connectivity index (χ0n) is 24.0. The molecule has 2 aliphatic heterocycles. The second-order valence-electron chi connectivity index (χ2n) is 9.56. The van der Waals surface area contributed by atoms with E-state index in [1.54, 1.807) is 0 Å². The van der Waals surface area contributed by atoms with Crippen LogP contribution >= 0.6 is 23.5 Å². The predicted octanol–water partition coefficient (Wildman–Crippen LogP) is 2.73. The lowest BCUT2D eigenvalue weighted by Crippen LogP contribution is -2.41. The van der Waals surface area contributed by atoms with E-state index in [2.05, 4.69) is 0 Å². The highest BCUT2D eigenvalue weighted by Crippen LogP contribution is 2.46. The number of hydrogen-bond donors (Lipinski definition) is 4. The number of thioether (sulfide) groups is 2. The van der Waals surface area contributed by atoms with Crippen LogP contribution in [0.5, 0.6) is 23.0 Å². The average Bonchev–Trinajstić information content (AvgIpc) is 3.56. The number of ether oxygens (including phenoxy) is 2. The van der Waals surface area contributed by atoms with Crippen LogP contribution < -0.4 is 9.47 Å². The Kier molecular flexibility index (Phi) is 11.1. The van der Waals surface area contributed by atoms with Gasteiger partial charge in [0, 0.05) is 50.3 Å². The van der Waals surface area contributed by atoms with E-state index in [4.69, 9.17) is 9.47 Å². The monoisotopic (exact) mass is 650 g/mol. The summed E-state index contributed by atoms with van der Waals surface area (Å²) in [7, 11) is 0.